The molecule has 44 nitrogen and oxygen atoms in total. The number of hydrogen-bond donors (Lipinski definition) is 16. The Kier molecular flexibility index (Phi) is 69.7. The van der Waals surface area contributed by atoms with Gasteiger partial charge in [0.2, 0.25) is 0 Å². The molecule has 0 radical (unpaired) electrons. The fourth-order valence-corrected chi connectivity index (χ4v) is 21.1. The third kappa shape index (κ3) is 38.5. The number of carboxylic acids is 3. The van der Waals surface area contributed by atoms with E-state index in [1.165, 1.54) is 30.0 Å². The number of carboxylic acid groups (broad SMARTS) is 3. The van der Waals surface area contributed by atoms with E-state index in [4.69, 9.17) is 99.7 Å². The summed E-state index contributed by atoms with van der Waals surface area (Å²) in [6, 6.07) is 0. The summed E-state index contributed by atoms with van der Waals surface area (Å²) in [5.74, 6) is -5.28. The van der Waals surface area contributed by atoms with E-state index in [0.29, 0.717) is 24.3 Å². The van der Waals surface area contributed by atoms with Crippen LogP contribution in [0.1, 0.15) is 46.0 Å². The molecule has 30 rings (SSSR count). The maximum Gasteiger partial charge on any atom is 1.00 e. The van der Waals surface area contributed by atoms with Crippen LogP contribution in [0.15, 0.2) is 0 Å². The molecule has 16 bridgehead atoms. The van der Waals surface area contributed by atoms with Gasteiger partial charge in [-0.15, -0.1) is 23.3 Å². The molecule has 129 heavy (non-hydrogen) atoms. The van der Waals surface area contributed by atoms with Crippen LogP contribution in [0.3, 0.4) is 0 Å². The van der Waals surface area contributed by atoms with Gasteiger partial charge in [0, 0.05) is 63.9 Å². The van der Waals surface area contributed by atoms with E-state index in [9.17, 15) is 116 Å². The zero-order valence-corrected chi connectivity index (χ0v) is 90.7. The minimum absolute atomic E-state index is 0. The van der Waals surface area contributed by atoms with Gasteiger partial charge < -0.3 is 211 Å². The second kappa shape index (κ2) is 68.5. The molecule has 0 spiro atoms. The summed E-state index contributed by atoms with van der Waals surface area (Å²) in [5.41, 5.74) is 0. The Hall–Kier alpha value is 4.16. The summed E-state index contributed by atoms with van der Waals surface area (Å²) in [6.07, 6.45) is -74.9. The molecule has 16 N–H and O–H groups in total. The minimum Gasteiger partial charge on any atom is -0.646 e. The number of thioether (sulfide) groups is 8. The van der Waals surface area contributed by atoms with E-state index >= 15 is 0 Å². The van der Waals surface area contributed by atoms with Crippen molar-refractivity contribution in [2.24, 2.45) is 0 Å². The number of carbonyl (C=O) groups excluding carboxylic acids is 8. The summed E-state index contributed by atoms with van der Waals surface area (Å²) in [7, 11) is 0. The van der Waals surface area contributed by atoms with E-state index in [1.807, 2.05) is 13.8 Å². The smallest absolute Gasteiger partial charge is 0.646 e. The van der Waals surface area contributed by atoms with Gasteiger partial charge in [-0.25, -0.2) is 0 Å². The van der Waals surface area contributed by atoms with Crippen LogP contribution >= 0.6 is 94.1 Å². The van der Waals surface area contributed by atoms with Crippen molar-refractivity contribution >= 4 is 131 Å². The third-order valence-electron chi connectivity index (χ3n) is 20.3. The molecule has 0 saturated carbocycles. The Morgan fingerprint density at radius 1 is 0.287 bits per heavy atom. The molecule has 0 aliphatic carbocycles. The molecule has 40 unspecified atom stereocenters. The molecule has 30 saturated heterocycles. The van der Waals surface area contributed by atoms with Crippen LogP contribution in [0.25, 0.3) is 0 Å². The van der Waals surface area contributed by atoms with Crippen molar-refractivity contribution in [1.82, 2.24) is 0 Å². The van der Waals surface area contributed by atoms with Crippen molar-refractivity contribution in [3.63, 3.8) is 0 Å². The van der Waals surface area contributed by atoms with Gasteiger partial charge >= 0.3 is 190 Å². The number of ether oxygens (including phenoxy) is 17. The van der Waals surface area contributed by atoms with Crippen molar-refractivity contribution in [2.75, 3.05) is 92.2 Å². The quantitative estimate of drug-likeness (QED) is 0.0123. The van der Waals surface area contributed by atoms with Gasteiger partial charge in [-0.1, -0.05) is 20.3 Å². The molecule has 0 amide bonds. The van der Waals surface area contributed by atoms with E-state index in [-0.39, 0.29) is 270 Å². The minimum atomic E-state index is -2.25. The van der Waals surface area contributed by atoms with Gasteiger partial charge in [0.25, 0.3) is 0 Å². The largest absolute Gasteiger partial charge is 1.00 e. The first-order valence-corrected chi connectivity index (χ1v) is 48.2. The molecule has 30 fully saturated rings. The Morgan fingerprint density at radius 3 is 0.589 bits per heavy atom. The summed E-state index contributed by atoms with van der Waals surface area (Å²) in [4.78, 5) is 78.6. The number of hydrogen-bond acceptors (Lipinski definition) is 52. The Balaban J connectivity index is 0.00000674. The Labute approximate surface area is 910 Å². The maximum absolute atomic E-state index is 12.2. The molecule has 0 aromatic heterocycles. The van der Waals surface area contributed by atoms with Crippen LogP contribution in [-0.2, 0) is 119 Å². The maximum atomic E-state index is 12.2. The van der Waals surface area contributed by atoms with Crippen LogP contribution in [0, 0.1) is 13.8 Å². The van der Waals surface area contributed by atoms with Crippen LogP contribution in [-0.4, -0.2) is 456 Å². The zero-order chi connectivity index (χ0) is 90.5. The first-order chi connectivity index (χ1) is 58.8. The van der Waals surface area contributed by atoms with Crippen molar-refractivity contribution < 1.29 is 393 Å². The van der Waals surface area contributed by atoms with Gasteiger partial charge in [0.05, 0.1) is 54.8 Å². The van der Waals surface area contributed by atoms with Crippen LogP contribution in [0.4, 0.5) is 0 Å². The molecule has 0 aromatic carbocycles. The number of aliphatic hydroxyl groups excluding tert-OH is 16. The van der Waals surface area contributed by atoms with Crippen LogP contribution < -0.4 is 193 Å². The number of rotatable bonds is 34. The molecule has 58 heteroatoms. The zero-order valence-electron chi connectivity index (χ0n) is 72.2. The molecular formula is C71H108Na6O44S8. The van der Waals surface area contributed by atoms with E-state index < -0.39 is 283 Å². The number of aliphatic hydroxyl groups is 16. The van der Waals surface area contributed by atoms with Crippen molar-refractivity contribution in [1.29, 1.82) is 0 Å². The summed E-state index contributed by atoms with van der Waals surface area (Å²) in [6.45, 7) is 12.8. The monoisotopic (exact) mass is 2060 g/mol. The van der Waals surface area contributed by atoms with Gasteiger partial charge in [-0.3, -0.25) is 0 Å². The topological polar surface area (TPSA) is 686 Å². The Morgan fingerprint density at radius 2 is 0.442 bits per heavy atom. The second-order valence-electron chi connectivity index (χ2n) is 28.8. The average Bonchev–Trinajstić information content (AvgIpc) is 0.780. The molecule has 0 aromatic rings. The molecule has 30 aliphatic rings. The normalized spacial score (nSPS) is 40.4. The van der Waals surface area contributed by atoms with Gasteiger partial charge in [-0.2, -0.15) is 102 Å². The van der Waals surface area contributed by atoms with E-state index in [2.05, 4.69) is 13.8 Å². The second-order valence-corrected chi connectivity index (χ2v) is 37.8. The molecule has 30 aliphatic heterocycles. The summed E-state index contributed by atoms with van der Waals surface area (Å²) >= 11 is 8.52. The van der Waals surface area contributed by atoms with Gasteiger partial charge in [-0.05, 0) is 60.9 Å². The fourth-order valence-electron chi connectivity index (χ4n) is 14.2. The van der Waals surface area contributed by atoms with Crippen molar-refractivity contribution in [2.45, 2.75) is 292 Å². The predicted molar refractivity (Wildman–Crippen MR) is 420 cm³/mol. The van der Waals surface area contributed by atoms with Crippen molar-refractivity contribution in [3.8, 4) is 0 Å². The fraction of sp³-hybridized carbons (Fsp3) is 0.887. The first-order valence-electron chi connectivity index (χ1n) is 38.9. The summed E-state index contributed by atoms with van der Waals surface area (Å²) < 4.78 is 106. The van der Waals surface area contributed by atoms with Gasteiger partial charge in [0.1, 0.15) is 146 Å². The number of carbonyl (C=O) groups is 3. The standard InChI is InChI=1S/C69H111O40S8.2CO2.6Na/c1-5-12-112-19-29-56-40(79)48(87)64(96-29)102-54-28(18-111-8-4)95-63(47(86)39(54)78)109-61-34(24-117-26-93-25-70)101-69(53(92)45(61)84)105-57-30(20-113-13-6-2)97-65(49(88)41(57)80)106-58-32(22-115-15-10-36(73)74)99-67(51(90)43(58)82)108-60-33(23-116-16-11-37(75)76)100-68(52(91)44(60)83)107-59-31(21-114-14-9-35(71)72)98-66(50(89)42(59)81)103-55-27(17-110-7-3)94-62(104-56)46(85)38(55)77;2*2-1-3;;;;;;/h27-34,38-69,77-92H,3-24,26H2,1-2H3,(H,71,72)(H,73,74)(H,75,76);;;;;;;;/q-3;;;6*+1/p-3. The first kappa shape index (κ1) is 131. The molecule has 710 valence electrons. The predicted octanol–water partition coefficient (Wildman–Crippen LogP) is -28.7. The SMILES string of the molecule is O=C=O.O=C=O.[CH2-]CSCC1OC2OC3C(CSCO[C-]=O)OC(OC4C(CSCCC)OC(OC5C(CSCCC(=O)[O-])OC(OC6C(CSCCC(=O)[O-])OC(OC7C(CSCCC(=O)[O-])OC(OC8C(CSC[CH2-])OC(OC9C(CSCCC)OC(OC1C(O)C2O)C(O)C9O)C(O)C8O)C(O)C7O)C(O)C6O)C(O)C5O)C(O)C4O)C(O)C3O.[Na+].[Na+].[Na+].[Na+].[Na+].[Na+]. The van der Waals surface area contributed by atoms with Crippen LogP contribution in [0.2, 0.25) is 0 Å². The molecule has 30 heterocycles. The van der Waals surface area contributed by atoms with Crippen molar-refractivity contribution in [3.05, 3.63) is 13.8 Å². The van der Waals surface area contributed by atoms with E-state index in [0.717, 1.165) is 70.6 Å². The number of aliphatic carboxylic acids is 3. The van der Waals surface area contributed by atoms with E-state index in [1.54, 1.807) is 0 Å². The molecular weight excluding hydrogens is 1950 g/mol. The van der Waals surface area contributed by atoms with Crippen LogP contribution in [0.5, 0.6) is 0 Å². The summed E-state index contributed by atoms with van der Waals surface area (Å²) in [5, 5.41) is 229. The Bertz CT molecular complexity index is 3180. The molecule has 40 atom stereocenters. The third-order valence-corrected chi connectivity index (χ3v) is 28.5. The average molecular weight is 2060 g/mol. The van der Waals surface area contributed by atoms with Gasteiger partial charge in [0.15, 0.2) is 50.3 Å².